The third-order valence-corrected chi connectivity index (χ3v) is 5.87. The standard InChI is InChI=1S/C23H25Cl2N7O/c1-15(33)27-21-8-5-17(13-19(21)24)28-22-20(25)14-26-23(30-22)29-16-3-6-18(7-4-16)32-11-9-31(2)10-12-32/h3-8,13-14H,9-12H2,1-2H3,(H,27,33)(H2,26,28,29,30). The second kappa shape index (κ2) is 10.2. The molecule has 33 heavy (non-hydrogen) atoms. The maximum Gasteiger partial charge on any atom is 0.229 e. The molecule has 1 fully saturated rings. The SMILES string of the molecule is CC(=O)Nc1ccc(Nc2nc(Nc3ccc(N4CCN(C)CC4)cc3)ncc2Cl)cc1Cl. The molecule has 0 spiro atoms. The van der Waals surface area contributed by atoms with Crippen LogP contribution >= 0.6 is 23.2 Å². The van der Waals surface area contributed by atoms with Crippen molar-refractivity contribution in [1.29, 1.82) is 0 Å². The van der Waals surface area contributed by atoms with E-state index >= 15 is 0 Å². The summed E-state index contributed by atoms with van der Waals surface area (Å²) in [7, 11) is 2.15. The quantitative estimate of drug-likeness (QED) is 0.453. The van der Waals surface area contributed by atoms with Crippen LogP contribution in [-0.2, 0) is 4.79 Å². The fourth-order valence-corrected chi connectivity index (χ4v) is 3.85. The van der Waals surface area contributed by atoms with Crippen LogP contribution in [0.15, 0.2) is 48.7 Å². The molecule has 1 saturated heterocycles. The van der Waals surface area contributed by atoms with Gasteiger partial charge in [-0.05, 0) is 49.5 Å². The fourth-order valence-electron chi connectivity index (χ4n) is 3.48. The third kappa shape index (κ3) is 6.04. The molecule has 172 valence electrons. The van der Waals surface area contributed by atoms with Crippen molar-refractivity contribution in [3.63, 3.8) is 0 Å². The van der Waals surface area contributed by atoms with Gasteiger partial charge in [-0.15, -0.1) is 0 Å². The van der Waals surface area contributed by atoms with E-state index in [9.17, 15) is 4.79 Å². The maximum atomic E-state index is 11.3. The van der Waals surface area contributed by atoms with Gasteiger partial charge in [-0.1, -0.05) is 23.2 Å². The minimum atomic E-state index is -0.191. The summed E-state index contributed by atoms with van der Waals surface area (Å²) in [5.41, 5.74) is 3.29. The van der Waals surface area contributed by atoms with Crippen LogP contribution in [0.4, 0.5) is 34.5 Å². The van der Waals surface area contributed by atoms with E-state index in [0.717, 1.165) is 31.9 Å². The lowest BCUT2D eigenvalue weighted by Gasteiger charge is -2.34. The highest BCUT2D eigenvalue weighted by Crippen LogP contribution is 2.30. The Labute approximate surface area is 202 Å². The average molecular weight is 486 g/mol. The van der Waals surface area contributed by atoms with Crippen molar-refractivity contribution < 1.29 is 4.79 Å². The van der Waals surface area contributed by atoms with Crippen molar-refractivity contribution in [2.24, 2.45) is 0 Å². The molecule has 4 rings (SSSR count). The molecule has 0 atom stereocenters. The maximum absolute atomic E-state index is 11.3. The molecule has 0 radical (unpaired) electrons. The Kier molecular flexibility index (Phi) is 7.17. The van der Waals surface area contributed by atoms with Gasteiger partial charge in [0.25, 0.3) is 0 Å². The molecule has 0 unspecified atom stereocenters. The van der Waals surface area contributed by atoms with Crippen molar-refractivity contribution in [1.82, 2.24) is 14.9 Å². The molecule has 10 heteroatoms. The first-order valence-corrected chi connectivity index (χ1v) is 11.3. The Morgan fingerprint density at radius 2 is 1.64 bits per heavy atom. The zero-order chi connectivity index (χ0) is 23.4. The summed E-state index contributed by atoms with van der Waals surface area (Å²) < 4.78 is 0. The zero-order valence-corrected chi connectivity index (χ0v) is 19.9. The topological polar surface area (TPSA) is 85.4 Å². The van der Waals surface area contributed by atoms with Crippen molar-refractivity contribution >= 4 is 63.6 Å². The number of likely N-dealkylation sites (N-methyl/N-ethyl adjacent to an activating group) is 1. The van der Waals surface area contributed by atoms with E-state index in [1.807, 2.05) is 12.1 Å². The summed E-state index contributed by atoms with van der Waals surface area (Å²) in [6.45, 7) is 5.60. The summed E-state index contributed by atoms with van der Waals surface area (Å²) >= 11 is 12.5. The molecular formula is C23H25Cl2N7O. The molecule has 0 bridgehead atoms. The first kappa shape index (κ1) is 23.1. The average Bonchev–Trinajstić information content (AvgIpc) is 2.79. The molecule has 8 nitrogen and oxygen atoms in total. The molecule has 0 saturated carbocycles. The van der Waals surface area contributed by atoms with E-state index in [1.54, 1.807) is 18.2 Å². The van der Waals surface area contributed by atoms with Crippen LogP contribution < -0.4 is 20.9 Å². The van der Waals surface area contributed by atoms with Crippen molar-refractivity contribution in [2.45, 2.75) is 6.92 Å². The molecule has 3 N–H and O–H groups in total. The lowest BCUT2D eigenvalue weighted by atomic mass is 10.2. The van der Waals surface area contributed by atoms with Crippen molar-refractivity contribution in [3.8, 4) is 0 Å². The van der Waals surface area contributed by atoms with Crippen molar-refractivity contribution in [2.75, 3.05) is 54.1 Å². The third-order valence-electron chi connectivity index (χ3n) is 5.28. The molecule has 2 heterocycles. The Balaban J connectivity index is 1.44. The number of anilines is 6. The van der Waals surface area contributed by atoms with Gasteiger partial charge in [0, 0.05) is 50.2 Å². The number of aromatic nitrogens is 2. The summed E-state index contributed by atoms with van der Waals surface area (Å²) in [6, 6.07) is 13.4. The highest BCUT2D eigenvalue weighted by molar-refractivity contribution is 6.34. The fraction of sp³-hybridized carbons (Fsp3) is 0.261. The minimum Gasteiger partial charge on any atom is -0.369 e. The highest BCUT2D eigenvalue weighted by Gasteiger charge is 2.14. The van der Waals surface area contributed by atoms with Gasteiger partial charge in [-0.2, -0.15) is 4.98 Å². The number of amides is 1. The van der Waals surface area contributed by atoms with Gasteiger partial charge in [-0.25, -0.2) is 4.98 Å². The van der Waals surface area contributed by atoms with Gasteiger partial charge in [0.05, 0.1) is 16.9 Å². The number of halogens is 2. The number of rotatable bonds is 6. The summed E-state index contributed by atoms with van der Waals surface area (Å²) in [4.78, 5) is 24.7. The van der Waals surface area contributed by atoms with Gasteiger partial charge < -0.3 is 25.8 Å². The summed E-state index contributed by atoms with van der Waals surface area (Å²) in [5, 5.41) is 9.80. The number of hydrogen-bond donors (Lipinski definition) is 3. The van der Waals surface area contributed by atoms with E-state index in [4.69, 9.17) is 23.2 Å². The van der Waals surface area contributed by atoms with E-state index < -0.39 is 0 Å². The van der Waals surface area contributed by atoms with Crippen LogP contribution in [0.3, 0.4) is 0 Å². The molecule has 1 aliphatic rings. The molecule has 0 aliphatic carbocycles. The lowest BCUT2D eigenvalue weighted by molar-refractivity contribution is -0.114. The van der Waals surface area contributed by atoms with Crippen LogP contribution in [0.25, 0.3) is 0 Å². The van der Waals surface area contributed by atoms with E-state index in [-0.39, 0.29) is 5.91 Å². The van der Waals surface area contributed by atoms with Crippen LogP contribution in [0, 0.1) is 0 Å². The van der Waals surface area contributed by atoms with Gasteiger partial charge in [-0.3, -0.25) is 4.79 Å². The van der Waals surface area contributed by atoms with Crippen LogP contribution in [0.2, 0.25) is 10.0 Å². The Morgan fingerprint density at radius 1 is 0.939 bits per heavy atom. The molecule has 1 aliphatic heterocycles. The Bertz CT molecular complexity index is 1130. The molecule has 1 amide bonds. The number of carbonyl (C=O) groups is 1. The van der Waals surface area contributed by atoms with Crippen molar-refractivity contribution in [3.05, 3.63) is 58.7 Å². The largest absolute Gasteiger partial charge is 0.369 e. The number of nitrogens with zero attached hydrogens (tertiary/aromatic N) is 4. The van der Waals surface area contributed by atoms with Gasteiger partial charge in [0.2, 0.25) is 11.9 Å². The van der Waals surface area contributed by atoms with Crippen LogP contribution in [-0.4, -0.2) is 54.0 Å². The smallest absolute Gasteiger partial charge is 0.229 e. The van der Waals surface area contributed by atoms with Gasteiger partial charge in [0.15, 0.2) is 5.82 Å². The number of nitrogens with one attached hydrogen (secondary N) is 3. The van der Waals surface area contributed by atoms with Gasteiger partial charge >= 0.3 is 0 Å². The van der Waals surface area contributed by atoms with E-state index in [0.29, 0.717) is 33.2 Å². The second-order valence-corrected chi connectivity index (χ2v) is 8.67. The number of carbonyl (C=O) groups excluding carboxylic acids is 1. The molecule has 3 aromatic rings. The minimum absolute atomic E-state index is 0.191. The first-order valence-electron chi connectivity index (χ1n) is 10.5. The van der Waals surface area contributed by atoms with Crippen LogP contribution in [0.1, 0.15) is 6.92 Å². The molecule has 2 aromatic carbocycles. The predicted molar refractivity (Wildman–Crippen MR) is 136 cm³/mol. The van der Waals surface area contributed by atoms with Crippen LogP contribution in [0.5, 0.6) is 0 Å². The predicted octanol–water partition coefficient (Wildman–Crippen LogP) is 4.98. The van der Waals surface area contributed by atoms with Gasteiger partial charge in [0.1, 0.15) is 5.02 Å². The number of hydrogen-bond acceptors (Lipinski definition) is 7. The second-order valence-electron chi connectivity index (χ2n) is 7.85. The Morgan fingerprint density at radius 3 is 2.30 bits per heavy atom. The number of piperazine rings is 1. The number of benzene rings is 2. The summed E-state index contributed by atoms with van der Waals surface area (Å²) in [6.07, 6.45) is 1.53. The molecule has 1 aromatic heterocycles. The molecular weight excluding hydrogens is 461 g/mol. The Hall–Kier alpha value is -3.07. The normalized spacial score (nSPS) is 14.1. The zero-order valence-electron chi connectivity index (χ0n) is 18.4. The van der Waals surface area contributed by atoms with E-state index in [2.05, 4.69) is 54.9 Å². The lowest BCUT2D eigenvalue weighted by Crippen LogP contribution is -2.44. The monoisotopic (exact) mass is 485 g/mol. The first-order chi connectivity index (χ1) is 15.9. The van der Waals surface area contributed by atoms with E-state index in [1.165, 1.54) is 18.8 Å². The summed E-state index contributed by atoms with van der Waals surface area (Å²) in [5.74, 6) is 0.658. The highest BCUT2D eigenvalue weighted by atomic mass is 35.5.